The SMILES string of the molecule is O=C(O)[C@H](CS)n1c(O)ccc1O. The van der Waals surface area contributed by atoms with Crippen molar-refractivity contribution in [3.63, 3.8) is 0 Å². The second-order valence-electron chi connectivity index (χ2n) is 2.46. The van der Waals surface area contributed by atoms with Crippen LogP contribution in [-0.2, 0) is 4.79 Å². The van der Waals surface area contributed by atoms with E-state index in [1.165, 1.54) is 12.1 Å². The maximum Gasteiger partial charge on any atom is 0.327 e. The van der Waals surface area contributed by atoms with Crippen LogP contribution in [0.3, 0.4) is 0 Å². The zero-order valence-electron chi connectivity index (χ0n) is 6.58. The minimum absolute atomic E-state index is 0.00880. The van der Waals surface area contributed by atoms with Crippen molar-refractivity contribution in [3.05, 3.63) is 12.1 Å². The van der Waals surface area contributed by atoms with E-state index in [4.69, 9.17) is 5.11 Å². The summed E-state index contributed by atoms with van der Waals surface area (Å²) in [6, 6.07) is 1.38. The highest BCUT2D eigenvalue weighted by molar-refractivity contribution is 7.80. The highest BCUT2D eigenvalue weighted by Crippen LogP contribution is 2.27. The number of aromatic hydroxyl groups is 2. The molecule has 6 heteroatoms. The second kappa shape index (κ2) is 3.61. The molecule has 1 heterocycles. The minimum Gasteiger partial charge on any atom is -0.494 e. The van der Waals surface area contributed by atoms with Gasteiger partial charge in [-0.15, -0.1) is 0 Å². The number of carboxylic acid groups (broad SMARTS) is 1. The molecule has 0 amide bonds. The summed E-state index contributed by atoms with van der Waals surface area (Å²) in [5, 5.41) is 27.1. The number of aliphatic carboxylic acids is 1. The molecule has 0 fully saturated rings. The van der Waals surface area contributed by atoms with Crippen LogP contribution in [0.25, 0.3) is 0 Å². The van der Waals surface area contributed by atoms with Crippen molar-refractivity contribution in [1.82, 2.24) is 4.57 Å². The molecule has 5 nitrogen and oxygen atoms in total. The molecule has 0 bridgehead atoms. The van der Waals surface area contributed by atoms with Crippen LogP contribution in [0.4, 0.5) is 0 Å². The largest absolute Gasteiger partial charge is 0.494 e. The Morgan fingerprint density at radius 3 is 2.23 bits per heavy atom. The first-order valence-corrected chi connectivity index (χ1v) is 4.14. The van der Waals surface area contributed by atoms with Crippen LogP contribution >= 0.6 is 12.6 Å². The van der Waals surface area contributed by atoms with Crippen LogP contribution in [-0.4, -0.2) is 31.6 Å². The molecule has 0 unspecified atom stereocenters. The number of aromatic nitrogens is 1. The van der Waals surface area contributed by atoms with Gasteiger partial charge in [-0.1, -0.05) is 0 Å². The summed E-state index contributed by atoms with van der Waals surface area (Å²) in [7, 11) is 0. The van der Waals surface area contributed by atoms with Crippen molar-refractivity contribution in [3.8, 4) is 11.8 Å². The molecule has 0 aliphatic carbocycles. The molecule has 0 aromatic carbocycles. The van der Waals surface area contributed by atoms with Gasteiger partial charge in [-0.2, -0.15) is 12.6 Å². The van der Waals surface area contributed by atoms with E-state index >= 15 is 0 Å². The molecule has 1 aromatic rings. The Balaban J connectivity index is 3.10. The Morgan fingerprint density at radius 2 is 1.92 bits per heavy atom. The molecule has 13 heavy (non-hydrogen) atoms. The standard InChI is InChI=1S/C7H9NO4S/c9-5-1-2-6(10)8(5)4(3-13)7(11)12/h1-2,4,9-10,13H,3H2,(H,11,12)/t4-/m0/s1. The van der Waals surface area contributed by atoms with Gasteiger partial charge in [0.1, 0.15) is 6.04 Å². The van der Waals surface area contributed by atoms with E-state index < -0.39 is 12.0 Å². The second-order valence-corrected chi connectivity index (χ2v) is 2.82. The molecule has 72 valence electrons. The summed E-state index contributed by atoms with van der Waals surface area (Å²) >= 11 is 3.81. The van der Waals surface area contributed by atoms with Crippen molar-refractivity contribution >= 4 is 18.6 Å². The normalized spacial score (nSPS) is 12.7. The number of thiol groups is 1. The van der Waals surface area contributed by atoms with Crippen molar-refractivity contribution in [1.29, 1.82) is 0 Å². The maximum atomic E-state index is 10.6. The summed E-state index contributed by atoms with van der Waals surface area (Å²) in [6.07, 6.45) is 0. The Bertz CT molecular complexity index is 303. The fourth-order valence-corrected chi connectivity index (χ4v) is 1.34. The van der Waals surface area contributed by atoms with E-state index in [0.717, 1.165) is 4.57 Å². The number of hydrogen-bond acceptors (Lipinski definition) is 4. The van der Waals surface area contributed by atoms with Gasteiger partial charge in [0.2, 0.25) is 0 Å². The molecule has 0 aliphatic rings. The lowest BCUT2D eigenvalue weighted by molar-refractivity contribution is -0.140. The quantitative estimate of drug-likeness (QED) is 0.538. The van der Waals surface area contributed by atoms with Crippen LogP contribution in [0.2, 0.25) is 0 Å². The van der Waals surface area contributed by atoms with E-state index in [9.17, 15) is 15.0 Å². The number of hydrogen-bond donors (Lipinski definition) is 4. The first kappa shape index (κ1) is 9.79. The summed E-state index contributed by atoms with van der Waals surface area (Å²) in [5.74, 6) is -1.75. The van der Waals surface area contributed by atoms with Gasteiger partial charge < -0.3 is 15.3 Å². The van der Waals surface area contributed by atoms with E-state index in [0.29, 0.717) is 0 Å². The van der Waals surface area contributed by atoms with Gasteiger partial charge in [0.15, 0.2) is 11.8 Å². The average Bonchev–Trinajstić information content (AvgIpc) is 2.36. The zero-order chi connectivity index (χ0) is 10.0. The summed E-state index contributed by atoms with van der Waals surface area (Å²) in [5.41, 5.74) is 0. The molecular formula is C7H9NO4S. The molecular weight excluding hydrogens is 194 g/mol. The van der Waals surface area contributed by atoms with Crippen LogP contribution in [0.1, 0.15) is 6.04 Å². The third kappa shape index (κ3) is 1.72. The molecule has 1 aromatic heterocycles. The minimum atomic E-state index is -1.16. The monoisotopic (exact) mass is 203 g/mol. The first-order chi connectivity index (χ1) is 6.07. The fraction of sp³-hybridized carbons (Fsp3) is 0.286. The Labute approximate surface area is 79.6 Å². The molecule has 0 aliphatic heterocycles. The van der Waals surface area contributed by atoms with Crippen LogP contribution in [0, 0.1) is 0 Å². The van der Waals surface area contributed by atoms with E-state index in [-0.39, 0.29) is 17.5 Å². The smallest absolute Gasteiger partial charge is 0.327 e. The van der Waals surface area contributed by atoms with E-state index in [1.54, 1.807) is 0 Å². The molecule has 3 N–H and O–H groups in total. The van der Waals surface area contributed by atoms with Crippen molar-refractivity contribution in [2.24, 2.45) is 0 Å². The number of carboxylic acids is 1. The van der Waals surface area contributed by atoms with Gasteiger partial charge in [-0.3, -0.25) is 4.57 Å². The highest BCUT2D eigenvalue weighted by Gasteiger charge is 2.22. The number of rotatable bonds is 3. The van der Waals surface area contributed by atoms with Gasteiger partial charge in [0.05, 0.1) is 0 Å². The Morgan fingerprint density at radius 1 is 1.46 bits per heavy atom. The topological polar surface area (TPSA) is 82.7 Å². The lowest BCUT2D eigenvalue weighted by Gasteiger charge is -2.13. The molecule has 0 spiro atoms. The predicted octanol–water partition coefficient (Wildman–Crippen LogP) is 0.455. The Hall–Kier alpha value is -1.30. The van der Waals surface area contributed by atoms with Crippen molar-refractivity contribution in [2.75, 3.05) is 5.75 Å². The summed E-state index contributed by atoms with van der Waals surface area (Å²) in [6.45, 7) is 0. The maximum absolute atomic E-state index is 10.6. The lowest BCUT2D eigenvalue weighted by atomic mass is 10.3. The van der Waals surface area contributed by atoms with E-state index in [2.05, 4.69) is 12.6 Å². The van der Waals surface area contributed by atoms with Crippen LogP contribution in [0.15, 0.2) is 12.1 Å². The van der Waals surface area contributed by atoms with Gasteiger partial charge in [0, 0.05) is 17.9 Å². The van der Waals surface area contributed by atoms with Gasteiger partial charge in [-0.05, 0) is 0 Å². The lowest BCUT2D eigenvalue weighted by Crippen LogP contribution is -2.19. The van der Waals surface area contributed by atoms with Crippen molar-refractivity contribution in [2.45, 2.75) is 6.04 Å². The fourth-order valence-electron chi connectivity index (χ4n) is 1.02. The highest BCUT2D eigenvalue weighted by atomic mass is 32.1. The first-order valence-electron chi connectivity index (χ1n) is 3.50. The third-order valence-electron chi connectivity index (χ3n) is 1.64. The molecule has 0 saturated heterocycles. The molecule has 0 saturated carbocycles. The van der Waals surface area contributed by atoms with Crippen molar-refractivity contribution < 1.29 is 20.1 Å². The van der Waals surface area contributed by atoms with Crippen LogP contribution in [0.5, 0.6) is 11.8 Å². The summed E-state index contributed by atoms with van der Waals surface area (Å²) in [4.78, 5) is 10.6. The van der Waals surface area contributed by atoms with Gasteiger partial charge in [0.25, 0.3) is 0 Å². The Kier molecular flexibility index (Phi) is 2.72. The van der Waals surface area contributed by atoms with E-state index in [1.807, 2.05) is 0 Å². The molecule has 0 radical (unpaired) electrons. The van der Waals surface area contributed by atoms with Crippen LogP contribution < -0.4 is 0 Å². The van der Waals surface area contributed by atoms with Gasteiger partial charge in [-0.25, -0.2) is 4.79 Å². The number of nitrogens with zero attached hydrogens (tertiary/aromatic N) is 1. The predicted molar refractivity (Wildman–Crippen MR) is 48.3 cm³/mol. The third-order valence-corrected chi connectivity index (χ3v) is 1.99. The molecule has 1 rings (SSSR count). The number of carbonyl (C=O) groups is 1. The van der Waals surface area contributed by atoms with Gasteiger partial charge >= 0.3 is 5.97 Å². The zero-order valence-corrected chi connectivity index (χ0v) is 7.48. The summed E-state index contributed by atoms with van der Waals surface area (Å²) < 4.78 is 0.898. The average molecular weight is 203 g/mol. The molecule has 1 atom stereocenters.